The molecule has 1 fully saturated rings. The van der Waals surface area contributed by atoms with Gasteiger partial charge in [-0.3, -0.25) is 0 Å². The van der Waals surface area contributed by atoms with Crippen molar-refractivity contribution in [2.45, 2.75) is 64.0 Å². The molecule has 3 atom stereocenters. The van der Waals surface area contributed by atoms with Crippen LogP contribution in [0.1, 0.15) is 57.9 Å². The number of nitrogens with zero attached hydrogens (tertiary/aromatic N) is 1. The summed E-state index contributed by atoms with van der Waals surface area (Å²) in [6.07, 6.45) is 3.93. The van der Waals surface area contributed by atoms with Gasteiger partial charge in [-0.2, -0.15) is 0 Å². The van der Waals surface area contributed by atoms with Crippen LogP contribution in [0.15, 0.2) is 42.5 Å². The van der Waals surface area contributed by atoms with E-state index in [2.05, 4.69) is 24.5 Å². The number of halogens is 2. The van der Waals surface area contributed by atoms with Crippen LogP contribution in [0.4, 0.5) is 13.6 Å². The van der Waals surface area contributed by atoms with Crippen LogP contribution in [0, 0.1) is 23.5 Å². The predicted molar refractivity (Wildman–Crippen MR) is 152 cm³/mol. The van der Waals surface area contributed by atoms with E-state index in [9.17, 15) is 18.7 Å². The summed E-state index contributed by atoms with van der Waals surface area (Å²) in [5.74, 6) is -0.133. The number of piperidine rings is 1. The summed E-state index contributed by atoms with van der Waals surface area (Å²) in [5, 5.41) is 18.7. The quantitative estimate of drug-likeness (QED) is 0.253. The minimum Gasteiger partial charge on any atom is -0.457 e. The fraction of sp³-hybridized carbons (Fsp3) is 0.581. The Balaban J connectivity index is 1.90. The van der Waals surface area contributed by atoms with Gasteiger partial charge in [0.15, 0.2) is 0 Å². The summed E-state index contributed by atoms with van der Waals surface area (Å²) < 4.78 is 39.4. The highest BCUT2D eigenvalue weighted by molar-refractivity contribution is 5.74. The molecule has 7 nitrogen and oxygen atoms in total. The van der Waals surface area contributed by atoms with E-state index in [1.165, 1.54) is 42.5 Å². The van der Waals surface area contributed by atoms with E-state index >= 15 is 0 Å². The summed E-state index contributed by atoms with van der Waals surface area (Å²) in [6, 6.07) is 9.48. The molecule has 222 valence electrons. The molecular formula is C31H45F2N3O4. The van der Waals surface area contributed by atoms with E-state index in [4.69, 9.17) is 9.47 Å². The molecule has 3 rings (SSSR count). The molecule has 40 heavy (non-hydrogen) atoms. The number of hydrogen-bond donors (Lipinski definition) is 3. The van der Waals surface area contributed by atoms with Gasteiger partial charge in [0.2, 0.25) is 0 Å². The van der Waals surface area contributed by atoms with Crippen LogP contribution in [0.25, 0.3) is 0 Å². The van der Waals surface area contributed by atoms with Crippen LogP contribution in [0.3, 0.4) is 0 Å². The maximum Gasteiger partial charge on any atom is 0.317 e. The number of benzene rings is 2. The molecule has 9 heteroatoms. The molecule has 0 aromatic heterocycles. The first-order valence-corrected chi connectivity index (χ1v) is 14.3. The molecule has 0 radical (unpaired) electrons. The molecule has 0 aliphatic carbocycles. The van der Waals surface area contributed by atoms with Crippen LogP contribution < -0.4 is 15.4 Å². The predicted octanol–water partition coefficient (Wildman–Crippen LogP) is 5.82. The first-order valence-electron chi connectivity index (χ1n) is 14.3. The molecule has 0 saturated carbocycles. The number of hydrogen-bond acceptors (Lipinski definition) is 5. The van der Waals surface area contributed by atoms with Crippen molar-refractivity contribution < 1.29 is 28.2 Å². The van der Waals surface area contributed by atoms with Crippen molar-refractivity contribution in [2.24, 2.45) is 11.8 Å². The largest absolute Gasteiger partial charge is 0.457 e. The number of unbranched alkanes of at least 4 members (excludes halogenated alkanes) is 1. The summed E-state index contributed by atoms with van der Waals surface area (Å²) in [7, 11) is 3.50. The second kappa shape index (κ2) is 15.3. The molecule has 0 bridgehead atoms. The third-order valence-corrected chi connectivity index (χ3v) is 7.52. The topological polar surface area (TPSA) is 83.1 Å². The minimum absolute atomic E-state index is 0.00950. The lowest BCUT2D eigenvalue weighted by atomic mass is 9.73. The molecule has 3 N–H and O–H groups in total. The third-order valence-electron chi connectivity index (χ3n) is 7.52. The van der Waals surface area contributed by atoms with Gasteiger partial charge < -0.3 is 30.1 Å². The van der Waals surface area contributed by atoms with E-state index in [1.807, 2.05) is 7.05 Å². The van der Waals surface area contributed by atoms with E-state index in [0.717, 1.165) is 12.8 Å². The second-order valence-corrected chi connectivity index (χ2v) is 11.2. The molecule has 1 aliphatic heterocycles. The van der Waals surface area contributed by atoms with Crippen LogP contribution in [-0.4, -0.2) is 62.5 Å². The van der Waals surface area contributed by atoms with Gasteiger partial charge >= 0.3 is 6.03 Å². The summed E-state index contributed by atoms with van der Waals surface area (Å²) in [4.78, 5) is 15.1. The highest BCUT2D eigenvalue weighted by atomic mass is 19.1. The van der Waals surface area contributed by atoms with E-state index in [-0.39, 0.29) is 18.0 Å². The van der Waals surface area contributed by atoms with Crippen LogP contribution >= 0.6 is 0 Å². The highest BCUT2D eigenvalue weighted by Crippen LogP contribution is 2.44. The molecular weight excluding hydrogens is 516 g/mol. The van der Waals surface area contributed by atoms with Gasteiger partial charge in [0.1, 0.15) is 23.1 Å². The van der Waals surface area contributed by atoms with Crippen molar-refractivity contribution in [3.8, 4) is 11.5 Å². The Bertz CT molecular complexity index is 1070. The van der Waals surface area contributed by atoms with E-state index in [1.54, 1.807) is 12.0 Å². The maximum absolute atomic E-state index is 14.7. The van der Waals surface area contributed by atoms with Gasteiger partial charge in [-0.15, -0.1) is 0 Å². The monoisotopic (exact) mass is 561 g/mol. The number of rotatable bonds is 14. The fourth-order valence-electron chi connectivity index (χ4n) is 5.58. The van der Waals surface area contributed by atoms with Crippen molar-refractivity contribution in [2.75, 3.05) is 40.4 Å². The first-order chi connectivity index (χ1) is 19.2. The smallest absolute Gasteiger partial charge is 0.317 e. The molecule has 1 unspecified atom stereocenters. The van der Waals surface area contributed by atoms with Crippen LogP contribution in [0.2, 0.25) is 0 Å². The van der Waals surface area contributed by atoms with Crippen molar-refractivity contribution >= 4 is 6.03 Å². The molecule has 2 amide bonds. The number of ether oxygens (including phenoxy) is 2. The zero-order valence-corrected chi connectivity index (χ0v) is 24.2. The maximum atomic E-state index is 14.7. The summed E-state index contributed by atoms with van der Waals surface area (Å²) in [6.45, 7) is 6.36. The molecule has 1 aliphatic rings. The van der Waals surface area contributed by atoms with Crippen LogP contribution in [0.5, 0.6) is 11.5 Å². The molecule has 1 heterocycles. The zero-order valence-electron chi connectivity index (χ0n) is 24.2. The number of carbonyl (C=O) groups excluding carboxylic acids is 1. The number of likely N-dealkylation sites (N-methyl/N-ethyl adjacent to an activating group) is 1. The Hall–Kier alpha value is -2.75. The number of likely N-dealkylation sites (tertiary alicyclic amines) is 1. The molecule has 2 aromatic carbocycles. The average Bonchev–Trinajstić information content (AvgIpc) is 2.93. The van der Waals surface area contributed by atoms with E-state index < -0.39 is 17.2 Å². The Kier molecular flexibility index (Phi) is 12.2. The van der Waals surface area contributed by atoms with Gasteiger partial charge in [0.25, 0.3) is 0 Å². The molecule has 1 saturated heterocycles. The number of amides is 2. The van der Waals surface area contributed by atoms with Crippen molar-refractivity contribution in [3.05, 3.63) is 59.7 Å². The second-order valence-electron chi connectivity index (χ2n) is 11.2. The first kappa shape index (κ1) is 31.8. The van der Waals surface area contributed by atoms with Crippen molar-refractivity contribution in [1.82, 2.24) is 15.5 Å². The highest BCUT2D eigenvalue weighted by Gasteiger charge is 2.43. The zero-order chi connectivity index (χ0) is 29.1. The number of urea groups is 1. The van der Waals surface area contributed by atoms with Gasteiger partial charge in [-0.25, -0.2) is 13.6 Å². The van der Waals surface area contributed by atoms with Gasteiger partial charge in [0, 0.05) is 50.9 Å². The Morgan fingerprint density at radius 1 is 1.15 bits per heavy atom. The fourth-order valence-corrected chi connectivity index (χ4v) is 5.58. The number of carbonyl (C=O) groups is 1. The Labute approximate surface area is 237 Å². The summed E-state index contributed by atoms with van der Waals surface area (Å²) >= 11 is 0. The Morgan fingerprint density at radius 3 is 2.55 bits per heavy atom. The van der Waals surface area contributed by atoms with Gasteiger partial charge in [0.05, 0.1) is 5.60 Å². The normalized spacial score (nSPS) is 17.9. The number of methoxy groups -OCH3 is 1. The van der Waals surface area contributed by atoms with Gasteiger partial charge in [-0.1, -0.05) is 13.8 Å². The third kappa shape index (κ3) is 8.88. The lowest BCUT2D eigenvalue weighted by Crippen LogP contribution is -2.54. The summed E-state index contributed by atoms with van der Waals surface area (Å²) in [5.41, 5.74) is -1.14. The van der Waals surface area contributed by atoms with Crippen molar-refractivity contribution in [3.63, 3.8) is 0 Å². The van der Waals surface area contributed by atoms with Crippen molar-refractivity contribution in [1.29, 1.82) is 0 Å². The average molecular weight is 562 g/mol. The standard InChI is InChI=1S/C31H45F2N3O4/c1-22(2)18-26(20-34-3)35-30(37)36-16-7-8-23(21-36)31(38,15-5-6-17-39-4)28-19-25(33)11-14-29(28)40-27-12-9-24(32)10-13-27/h9-14,19,22-23,26,34,38H,5-8,15-18,20-21H2,1-4H3,(H,35,37)/t23-,26?,31+/m1/s1. The minimum atomic E-state index is -1.47. The lowest BCUT2D eigenvalue weighted by Gasteiger charge is -2.43. The SMILES string of the molecule is CNCC(CC(C)C)NC(=O)N1CCC[C@@H]([C@@](O)(CCCCOC)c2cc(F)ccc2Oc2ccc(F)cc2)C1. The molecule has 0 spiro atoms. The lowest BCUT2D eigenvalue weighted by molar-refractivity contribution is -0.0577. The van der Waals surface area contributed by atoms with Gasteiger partial charge in [-0.05, 0) is 94.0 Å². The van der Waals surface area contributed by atoms with Crippen LogP contribution in [-0.2, 0) is 10.3 Å². The number of nitrogens with one attached hydrogen (secondary N) is 2. The van der Waals surface area contributed by atoms with E-state index in [0.29, 0.717) is 74.9 Å². The number of aliphatic hydroxyl groups is 1. The molecule has 2 aromatic rings. The Morgan fingerprint density at radius 2 is 1.88 bits per heavy atom.